The van der Waals surface area contributed by atoms with Gasteiger partial charge in [-0.1, -0.05) is 12.1 Å². The molecule has 0 saturated heterocycles. The number of rotatable bonds is 6. The maximum Gasteiger partial charge on any atom is 0.240 e. The van der Waals surface area contributed by atoms with Gasteiger partial charge in [0, 0.05) is 29.0 Å². The summed E-state index contributed by atoms with van der Waals surface area (Å²) in [5, 5.41) is 5.99. The number of amides is 2. The molecule has 1 heterocycles. The van der Waals surface area contributed by atoms with Crippen LogP contribution in [0.2, 0.25) is 0 Å². The quantitative estimate of drug-likeness (QED) is 0.365. The summed E-state index contributed by atoms with van der Waals surface area (Å²) < 4.78 is 33.6. The monoisotopic (exact) mass is 459 g/mol. The van der Waals surface area contributed by atoms with Crippen molar-refractivity contribution in [1.82, 2.24) is 4.98 Å². The molecule has 0 atom stereocenters. The first-order chi connectivity index (χ1) is 16.4. The number of anilines is 2. The molecule has 170 valence electrons. The molecule has 0 radical (unpaired) electrons. The van der Waals surface area contributed by atoms with Gasteiger partial charge in [-0.25, -0.2) is 8.78 Å². The molecule has 0 bridgehead atoms. The average molecular weight is 459 g/mol. The van der Waals surface area contributed by atoms with Gasteiger partial charge >= 0.3 is 0 Å². The van der Waals surface area contributed by atoms with Gasteiger partial charge in [-0.15, -0.1) is 0 Å². The second-order valence-electron chi connectivity index (χ2n) is 8.07. The zero-order valence-corrected chi connectivity index (χ0v) is 17.8. The minimum atomic E-state index is -1.24. The first-order valence-corrected chi connectivity index (χ1v) is 10.6. The lowest BCUT2D eigenvalue weighted by Crippen LogP contribution is -2.35. The van der Waals surface area contributed by atoms with Gasteiger partial charge < -0.3 is 15.4 Å². The Labute approximate surface area is 193 Å². The SMILES string of the molecule is O=C(Nc1ccc(F)cc1)C1(C(=O)Nc2ccc(Oc3ccnc4ccccc34)c(F)c2)CC1. The van der Waals surface area contributed by atoms with Crippen molar-refractivity contribution < 1.29 is 23.1 Å². The highest BCUT2D eigenvalue weighted by Crippen LogP contribution is 2.47. The van der Waals surface area contributed by atoms with Crippen molar-refractivity contribution in [3.8, 4) is 11.5 Å². The third kappa shape index (κ3) is 4.17. The summed E-state index contributed by atoms with van der Waals surface area (Å²) in [6.45, 7) is 0. The predicted molar refractivity (Wildman–Crippen MR) is 124 cm³/mol. The van der Waals surface area contributed by atoms with Crippen LogP contribution in [0.15, 0.2) is 79.0 Å². The Morgan fingerprint density at radius 1 is 0.824 bits per heavy atom. The molecule has 2 N–H and O–H groups in total. The summed E-state index contributed by atoms with van der Waals surface area (Å²) >= 11 is 0. The number of carbonyl (C=O) groups is 2. The first kappa shape index (κ1) is 21.5. The smallest absolute Gasteiger partial charge is 0.240 e. The maximum atomic E-state index is 14.8. The number of carbonyl (C=O) groups excluding carboxylic acids is 2. The number of nitrogens with zero attached hydrogens (tertiary/aromatic N) is 1. The van der Waals surface area contributed by atoms with Crippen LogP contribution in [0.1, 0.15) is 12.8 Å². The van der Waals surface area contributed by atoms with Gasteiger partial charge in [0.2, 0.25) is 11.8 Å². The van der Waals surface area contributed by atoms with E-state index in [0.29, 0.717) is 24.3 Å². The van der Waals surface area contributed by atoms with E-state index in [-0.39, 0.29) is 11.4 Å². The molecule has 1 aliphatic rings. The minimum absolute atomic E-state index is 0.00969. The molecule has 5 rings (SSSR count). The molecule has 2 amide bonds. The second kappa shape index (κ2) is 8.55. The molecule has 1 saturated carbocycles. The number of fused-ring (bicyclic) bond motifs is 1. The average Bonchev–Trinajstić information content (AvgIpc) is 3.65. The van der Waals surface area contributed by atoms with E-state index in [9.17, 15) is 18.4 Å². The van der Waals surface area contributed by atoms with Crippen molar-refractivity contribution in [2.75, 3.05) is 10.6 Å². The Hall–Kier alpha value is -4.33. The van der Waals surface area contributed by atoms with E-state index in [1.807, 2.05) is 24.3 Å². The van der Waals surface area contributed by atoms with Gasteiger partial charge in [-0.2, -0.15) is 0 Å². The van der Waals surface area contributed by atoms with E-state index >= 15 is 0 Å². The molecule has 4 aromatic rings. The number of halogens is 2. The highest BCUT2D eigenvalue weighted by Gasteiger charge is 2.56. The van der Waals surface area contributed by atoms with Crippen LogP contribution in [-0.4, -0.2) is 16.8 Å². The lowest BCUT2D eigenvalue weighted by Gasteiger charge is -2.16. The third-order valence-corrected chi connectivity index (χ3v) is 5.74. The third-order valence-electron chi connectivity index (χ3n) is 5.74. The van der Waals surface area contributed by atoms with Crippen LogP contribution in [-0.2, 0) is 9.59 Å². The summed E-state index contributed by atoms with van der Waals surface area (Å²) in [5.41, 5.74) is 0.0746. The predicted octanol–water partition coefficient (Wildman–Crippen LogP) is 5.66. The molecule has 1 aromatic heterocycles. The molecule has 0 unspecified atom stereocenters. The topological polar surface area (TPSA) is 80.3 Å². The zero-order chi connectivity index (χ0) is 23.7. The largest absolute Gasteiger partial charge is 0.454 e. The fraction of sp³-hybridized carbons (Fsp3) is 0.115. The summed E-state index contributed by atoms with van der Waals surface area (Å²) in [7, 11) is 0. The van der Waals surface area contributed by atoms with E-state index in [1.54, 1.807) is 12.3 Å². The van der Waals surface area contributed by atoms with E-state index < -0.39 is 28.9 Å². The van der Waals surface area contributed by atoms with Crippen LogP contribution in [0.25, 0.3) is 10.9 Å². The number of hydrogen-bond acceptors (Lipinski definition) is 4. The van der Waals surface area contributed by atoms with Crippen molar-refractivity contribution in [1.29, 1.82) is 0 Å². The van der Waals surface area contributed by atoms with Gasteiger partial charge in [0.1, 0.15) is 17.0 Å². The summed E-state index contributed by atoms with van der Waals surface area (Å²) in [5.74, 6) is -1.66. The van der Waals surface area contributed by atoms with E-state index in [1.165, 1.54) is 36.4 Å². The van der Waals surface area contributed by atoms with Crippen LogP contribution in [0.5, 0.6) is 11.5 Å². The number of hydrogen-bond donors (Lipinski definition) is 2. The van der Waals surface area contributed by atoms with Gasteiger partial charge in [0.15, 0.2) is 11.6 Å². The van der Waals surface area contributed by atoms with Gasteiger partial charge in [0.25, 0.3) is 0 Å². The fourth-order valence-electron chi connectivity index (χ4n) is 3.66. The van der Waals surface area contributed by atoms with Crippen LogP contribution in [0, 0.1) is 17.0 Å². The summed E-state index contributed by atoms with van der Waals surface area (Å²) in [6.07, 6.45) is 2.31. The van der Waals surface area contributed by atoms with Gasteiger partial charge in [0.05, 0.1) is 5.52 Å². The summed E-state index contributed by atoms with van der Waals surface area (Å²) in [4.78, 5) is 29.8. The van der Waals surface area contributed by atoms with Crippen LogP contribution in [0.4, 0.5) is 20.2 Å². The molecule has 3 aromatic carbocycles. The molecule has 1 fully saturated rings. The van der Waals surface area contributed by atoms with Crippen molar-refractivity contribution in [2.24, 2.45) is 5.41 Å². The standard InChI is InChI=1S/C26H19F2N3O3/c27-16-5-7-17(8-6-16)30-24(32)26(12-13-26)25(33)31-18-9-10-23(20(28)15-18)34-22-11-14-29-21-4-2-1-3-19(21)22/h1-11,14-15H,12-13H2,(H,30,32)(H,31,33). The molecule has 8 heteroatoms. The fourth-order valence-corrected chi connectivity index (χ4v) is 3.66. The van der Waals surface area contributed by atoms with Crippen LogP contribution >= 0.6 is 0 Å². The Balaban J connectivity index is 1.28. The second-order valence-corrected chi connectivity index (χ2v) is 8.07. The lowest BCUT2D eigenvalue weighted by atomic mass is 10.0. The Morgan fingerprint density at radius 2 is 1.50 bits per heavy atom. The van der Waals surface area contributed by atoms with Crippen molar-refractivity contribution in [2.45, 2.75) is 12.8 Å². The van der Waals surface area contributed by atoms with Crippen molar-refractivity contribution in [3.63, 3.8) is 0 Å². The van der Waals surface area contributed by atoms with Crippen LogP contribution < -0.4 is 15.4 Å². The number of ether oxygens (including phenoxy) is 1. The lowest BCUT2D eigenvalue weighted by molar-refractivity contribution is -0.131. The molecule has 6 nitrogen and oxygen atoms in total. The molecule has 0 aliphatic heterocycles. The van der Waals surface area contributed by atoms with E-state index in [4.69, 9.17) is 4.74 Å². The number of para-hydroxylation sites is 1. The van der Waals surface area contributed by atoms with Gasteiger partial charge in [-0.05, 0) is 67.4 Å². The molecular formula is C26H19F2N3O3. The minimum Gasteiger partial charge on any atom is -0.454 e. The zero-order valence-electron chi connectivity index (χ0n) is 17.8. The highest BCUT2D eigenvalue weighted by atomic mass is 19.1. The number of nitrogens with one attached hydrogen (secondary N) is 2. The first-order valence-electron chi connectivity index (χ1n) is 10.6. The van der Waals surface area contributed by atoms with Crippen molar-refractivity contribution >= 4 is 34.1 Å². The number of pyridine rings is 1. The highest BCUT2D eigenvalue weighted by molar-refractivity contribution is 6.16. The number of benzene rings is 3. The van der Waals surface area contributed by atoms with E-state index in [0.717, 1.165) is 17.0 Å². The Kier molecular flexibility index (Phi) is 5.41. The van der Waals surface area contributed by atoms with E-state index in [2.05, 4.69) is 15.6 Å². The molecular weight excluding hydrogens is 440 g/mol. The number of aromatic nitrogens is 1. The normalized spacial score (nSPS) is 13.8. The Morgan fingerprint density at radius 3 is 2.21 bits per heavy atom. The molecule has 1 aliphatic carbocycles. The summed E-state index contributed by atoms with van der Waals surface area (Å²) in [6, 6.07) is 18.3. The molecule has 0 spiro atoms. The maximum absolute atomic E-state index is 14.8. The van der Waals surface area contributed by atoms with Gasteiger partial charge in [-0.3, -0.25) is 14.6 Å². The van der Waals surface area contributed by atoms with Crippen LogP contribution in [0.3, 0.4) is 0 Å². The molecule has 34 heavy (non-hydrogen) atoms. The Bertz CT molecular complexity index is 1400. The van der Waals surface area contributed by atoms with Crippen molar-refractivity contribution in [3.05, 3.63) is 90.6 Å².